The van der Waals surface area contributed by atoms with Crippen LogP contribution in [0.3, 0.4) is 0 Å². The first-order valence-corrected chi connectivity index (χ1v) is 8.49. The molecule has 0 aromatic heterocycles. The molecule has 0 fully saturated rings. The van der Waals surface area contributed by atoms with Crippen LogP contribution in [0, 0.1) is 0 Å². The normalized spacial score (nSPS) is 10.0. The molecule has 0 atom stereocenters. The summed E-state index contributed by atoms with van der Waals surface area (Å²) in [5.41, 5.74) is 1.09. The minimum Gasteiger partial charge on any atom is -0.497 e. The van der Waals surface area contributed by atoms with Gasteiger partial charge in [0.1, 0.15) is 5.75 Å². The molecule has 2 amide bonds. The number of halogens is 1. The molecule has 0 aliphatic heterocycles. The Balaban J connectivity index is 1.67. The van der Waals surface area contributed by atoms with Gasteiger partial charge in [-0.3, -0.25) is 14.4 Å². The predicted molar refractivity (Wildman–Crippen MR) is 102 cm³/mol. The highest BCUT2D eigenvalue weighted by atomic mass is 35.5. The van der Waals surface area contributed by atoms with E-state index >= 15 is 0 Å². The average molecular weight is 391 g/mol. The lowest BCUT2D eigenvalue weighted by Gasteiger charge is -2.08. The van der Waals surface area contributed by atoms with E-state index in [1.807, 2.05) is 0 Å². The number of nitrogens with one attached hydrogen (secondary N) is 2. The van der Waals surface area contributed by atoms with Crippen molar-refractivity contribution in [2.24, 2.45) is 0 Å². The van der Waals surface area contributed by atoms with Gasteiger partial charge in [-0.2, -0.15) is 0 Å². The summed E-state index contributed by atoms with van der Waals surface area (Å²) in [6.07, 6.45) is -0.187. The van der Waals surface area contributed by atoms with Crippen LogP contribution in [0.4, 0.5) is 11.4 Å². The van der Waals surface area contributed by atoms with Crippen molar-refractivity contribution >= 4 is 40.8 Å². The third kappa shape index (κ3) is 7.37. The Morgan fingerprint density at radius 2 is 1.63 bits per heavy atom. The molecule has 8 heteroatoms. The van der Waals surface area contributed by atoms with E-state index < -0.39 is 18.5 Å². The van der Waals surface area contributed by atoms with Gasteiger partial charge in [0, 0.05) is 22.8 Å². The van der Waals surface area contributed by atoms with E-state index in [1.54, 1.807) is 55.6 Å². The molecule has 142 valence electrons. The fraction of sp³-hybridized carbons (Fsp3) is 0.211. The molecule has 2 aromatic carbocycles. The molecule has 0 saturated carbocycles. The summed E-state index contributed by atoms with van der Waals surface area (Å²) in [6, 6.07) is 13.4. The summed E-state index contributed by atoms with van der Waals surface area (Å²) < 4.78 is 9.89. The lowest BCUT2D eigenvalue weighted by atomic mass is 10.2. The first-order valence-electron chi connectivity index (χ1n) is 8.11. The highest BCUT2D eigenvalue weighted by Crippen LogP contribution is 2.16. The van der Waals surface area contributed by atoms with Crippen molar-refractivity contribution in [3.8, 4) is 5.75 Å². The summed E-state index contributed by atoms with van der Waals surface area (Å²) in [7, 11) is 1.55. The van der Waals surface area contributed by atoms with Crippen molar-refractivity contribution in [3.05, 3.63) is 53.6 Å². The van der Waals surface area contributed by atoms with Crippen LogP contribution in [0.5, 0.6) is 5.75 Å². The van der Waals surface area contributed by atoms with E-state index in [0.717, 1.165) is 0 Å². The number of anilines is 2. The zero-order chi connectivity index (χ0) is 19.6. The van der Waals surface area contributed by atoms with Gasteiger partial charge in [0.05, 0.1) is 13.5 Å². The number of benzene rings is 2. The Hall–Kier alpha value is -3.06. The third-order valence-corrected chi connectivity index (χ3v) is 3.64. The molecule has 0 bridgehead atoms. The molecule has 0 aliphatic rings. The lowest BCUT2D eigenvalue weighted by Crippen LogP contribution is -2.21. The fourth-order valence-electron chi connectivity index (χ4n) is 2.09. The van der Waals surface area contributed by atoms with Gasteiger partial charge in [0.2, 0.25) is 5.91 Å². The monoisotopic (exact) mass is 390 g/mol. The van der Waals surface area contributed by atoms with Gasteiger partial charge in [-0.05, 0) is 42.5 Å². The van der Waals surface area contributed by atoms with Crippen LogP contribution >= 0.6 is 11.6 Å². The topological polar surface area (TPSA) is 93.7 Å². The van der Waals surface area contributed by atoms with Crippen LogP contribution in [0.15, 0.2) is 48.5 Å². The van der Waals surface area contributed by atoms with Crippen molar-refractivity contribution in [2.45, 2.75) is 12.8 Å². The number of hydrogen-bond donors (Lipinski definition) is 2. The highest BCUT2D eigenvalue weighted by molar-refractivity contribution is 6.30. The average Bonchev–Trinajstić information content (AvgIpc) is 2.65. The Morgan fingerprint density at radius 3 is 2.30 bits per heavy atom. The lowest BCUT2D eigenvalue weighted by molar-refractivity contribution is -0.147. The molecule has 0 aliphatic carbocycles. The van der Waals surface area contributed by atoms with E-state index in [1.165, 1.54) is 0 Å². The fourth-order valence-corrected chi connectivity index (χ4v) is 2.29. The zero-order valence-corrected chi connectivity index (χ0v) is 15.4. The van der Waals surface area contributed by atoms with E-state index in [-0.39, 0.29) is 18.7 Å². The smallest absolute Gasteiger partial charge is 0.306 e. The predicted octanol–water partition coefficient (Wildman–Crippen LogP) is 3.25. The second-order valence-corrected chi connectivity index (χ2v) is 5.93. The maximum atomic E-state index is 11.8. The summed E-state index contributed by atoms with van der Waals surface area (Å²) in [4.78, 5) is 35.3. The highest BCUT2D eigenvalue weighted by Gasteiger charge is 2.11. The molecule has 27 heavy (non-hydrogen) atoms. The number of carbonyl (C=O) groups is 3. The van der Waals surface area contributed by atoms with Gasteiger partial charge in [0.25, 0.3) is 5.91 Å². The van der Waals surface area contributed by atoms with Gasteiger partial charge < -0.3 is 20.1 Å². The first-order chi connectivity index (χ1) is 13.0. The molecule has 2 rings (SSSR count). The van der Waals surface area contributed by atoms with Crippen molar-refractivity contribution in [3.63, 3.8) is 0 Å². The van der Waals surface area contributed by atoms with E-state index in [9.17, 15) is 14.4 Å². The standard InChI is InChI=1S/C19H19ClN2O5/c1-26-16-7-5-14(6-8-16)21-17(23)9-10-19(25)27-12-18(24)22-15-4-2-3-13(20)11-15/h2-8,11H,9-10,12H2,1H3,(H,21,23)(H,22,24). The van der Waals surface area contributed by atoms with Crippen molar-refractivity contribution in [2.75, 3.05) is 24.4 Å². The molecular formula is C19H19ClN2O5. The van der Waals surface area contributed by atoms with Crippen LogP contribution in [-0.2, 0) is 19.1 Å². The molecule has 0 radical (unpaired) electrons. The minimum atomic E-state index is -0.638. The molecule has 0 unspecified atom stereocenters. The Bertz CT molecular complexity index is 808. The number of hydrogen-bond acceptors (Lipinski definition) is 5. The summed E-state index contributed by atoms with van der Waals surface area (Å²) >= 11 is 5.82. The number of methoxy groups -OCH3 is 1. The molecule has 0 saturated heterocycles. The Morgan fingerprint density at radius 1 is 0.926 bits per heavy atom. The van der Waals surface area contributed by atoms with E-state index in [4.69, 9.17) is 21.1 Å². The summed E-state index contributed by atoms with van der Waals surface area (Å²) in [5, 5.41) is 5.69. The third-order valence-electron chi connectivity index (χ3n) is 3.40. The quantitative estimate of drug-likeness (QED) is 0.675. The minimum absolute atomic E-state index is 0.0548. The summed E-state index contributed by atoms with van der Waals surface area (Å²) in [5.74, 6) is -0.789. The number of amides is 2. The maximum Gasteiger partial charge on any atom is 0.306 e. The van der Waals surface area contributed by atoms with Gasteiger partial charge in [-0.1, -0.05) is 17.7 Å². The molecule has 0 heterocycles. The molecule has 2 aromatic rings. The van der Waals surface area contributed by atoms with Crippen molar-refractivity contribution in [1.29, 1.82) is 0 Å². The first kappa shape index (κ1) is 20.3. The molecule has 0 spiro atoms. The molecular weight excluding hydrogens is 372 g/mol. The largest absolute Gasteiger partial charge is 0.497 e. The van der Waals surface area contributed by atoms with Crippen LogP contribution in [0.25, 0.3) is 0 Å². The SMILES string of the molecule is COc1ccc(NC(=O)CCC(=O)OCC(=O)Nc2cccc(Cl)c2)cc1. The number of ether oxygens (including phenoxy) is 2. The van der Waals surface area contributed by atoms with Gasteiger partial charge in [0.15, 0.2) is 6.61 Å². The molecule has 7 nitrogen and oxygen atoms in total. The van der Waals surface area contributed by atoms with E-state index in [0.29, 0.717) is 22.1 Å². The second-order valence-electron chi connectivity index (χ2n) is 5.50. The number of rotatable bonds is 8. The second kappa shape index (κ2) is 10.2. The van der Waals surface area contributed by atoms with Crippen LogP contribution in [0.1, 0.15) is 12.8 Å². The Kier molecular flexibility index (Phi) is 7.63. The molecule has 2 N–H and O–H groups in total. The van der Waals surface area contributed by atoms with Crippen molar-refractivity contribution in [1.82, 2.24) is 0 Å². The van der Waals surface area contributed by atoms with Crippen LogP contribution in [0.2, 0.25) is 5.02 Å². The summed E-state index contributed by atoms with van der Waals surface area (Å²) in [6.45, 7) is -0.439. The van der Waals surface area contributed by atoms with Gasteiger partial charge in [-0.15, -0.1) is 0 Å². The van der Waals surface area contributed by atoms with Gasteiger partial charge in [-0.25, -0.2) is 0 Å². The zero-order valence-electron chi connectivity index (χ0n) is 14.7. The maximum absolute atomic E-state index is 11.8. The number of carbonyl (C=O) groups excluding carboxylic acids is 3. The van der Waals surface area contributed by atoms with E-state index in [2.05, 4.69) is 10.6 Å². The van der Waals surface area contributed by atoms with Crippen molar-refractivity contribution < 1.29 is 23.9 Å². The Labute approximate surface area is 161 Å². The van der Waals surface area contributed by atoms with Gasteiger partial charge >= 0.3 is 5.97 Å². The van der Waals surface area contributed by atoms with Crippen LogP contribution < -0.4 is 15.4 Å². The van der Waals surface area contributed by atoms with Crippen LogP contribution in [-0.4, -0.2) is 31.5 Å². The number of esters is 1.